The summed E-state index contributed by atoms with van der Waals surface area (Å²) in [5.41, 5.74) is 3.84. The van der Waals surface area contributed by atoms with E-state index in [1.807, 2.05) is 18.2 Å². The second kappa shape index (κ2) is 10.9. The van der Waals surface area contributed by atoms with Crippen molar-refractivity contribution in [2.75, 3.05) is 0 Å². The van der Waals surface area contributed by atoms with Gasteiger partial charge in [-0.2, -0.15) is 5.10 Å². The van der Waals surface area contributed by atoms with E-state index in [0.717, 1.165) is 5.56 Å². The van der Waals surface area contributed by atoms with Crippen LogP contribution in [-0.2, 0) is 11.4 Å². The average Bonchev–Trinajstić information content (AvgIpc) is 2.79. The second-order valence-corrected chi connectivity index (χ2v) is 7.14. The minimum Gasteiger partial charge on any atom is -0.489 e. The fraction of sp³-hybridized carbons (Fsp3) is 0.130. The van der Waals surface area contributed by atoms with Crippen LogP contribution < -0.4 is 14.9 Å². The van der Waals surface area contributed by atoms with E-state index >= 15 is 0 Å². The highest BCUT2D eigenvalue weighted by Gasteiger charge is 2.20. The van der Waals surface area contributed by atoms with Gasteiger partial charge in [0.1, 0.15) is 12.4 Å². The van der Waals surface area contributed by atoms with Gasteiger partial charge in [-0.25, -0.2) is 5.43 Å². The first kappa shape index (κ1) is 22.8. The quantitative estimate of drug-likeness (QED) is 0.286. The van der Waals surface area contributed by atoms with E-state index in [1.54, 1.807) is 36.4 Å². The first-order valence-electron chi connectivity index (χ1n) is 9.62. The third-order valence-electron chi connectivity index (χ3n) is 4.30. The number of halogens is 1. The number of nitro benzene ring substituents is 1. The van der Waals surface area contributed by atoms with E-state index in [1.165, 1.54) is 31.3 Å². The molecule has 0 heterocycles. The zero-order chi connectivity index (χ0) is 22.9. The summed E-state index contributed by atoms with van der Waals surface area (Å²) in [6.45, 7) is 1.86. The van der Waals surface area contributed by atoms with Gasteiger partial charge >= 0.3 is 5.69 Å². The number of benzene rings is 3. The topological polar surface area (TPSA) is 103 Å². The van der Waals surface area contributed by atoms with Crippen molar-refractivity contribution >= 4 is 29.4 Å². The van der Waals surface area contributed by atoms with Gasteiger partial charge in [0.25, 0.3) is 5.91 Å². The zero-order valence-corrected chi connectivity index (χ0v) is 17.9. The molecule has 8 nitrogen and oxygen atoms in total. The lowest BCUT2D eigenvalue weighted by Crippen LogP contribution is -2.33. The Morgan fingerprint density at radius 1 is 1.16 bits per heavy atom. The van der Waals surface area contributed by atoms with Crippen LogP contribution in [0.15, 0.2) is 77.9 Å². The van der Waals surface area contributed by atoms with Gasteiger partial charge in [0, 0.05) is 11.1 Å². The van der Waals surface area contributed by atoms with Crippen LogP contribution in [0.2, 0.25) is 5.02 Å². The molecular formula is C23H20ClN3O5. The van der Waals surface area contributed by atoms with Crippen LogP contribution in [0.5, 0.6) is 11.5 Å². The molecule has 0 aliphatic rings. The van der Waals surface area contributed by atoms with E-state index in [-0.39, 0.29) is 11.4 Å². The number of ether oxygens (including phenoxy) is 2. The molecule has 32 heavy (non-hydrogen) atoms. The van der Waals surface area contributed by atoms with Crippen LogP contribution in [0.25, 0.3) is 0 Å². The summed E-state index contributed by atoms with van der Waals surface area (Å²) in [7, 11) is 0. The molecule has 0 unspecified atom stereocenters. The molecule has 0 aromatic heterocycles. The number of hydrogen-bond acceptors (Lipinski definition) is 6. The van der Waals surface area contributed by atoms with Crippen LogP contribution in [0.3, 0.4) is 0 Å². The lowest BCUT2D eigenvalue weighted by molar-refractivity contribution is -0.386. The molecule has 3 aromatic carbocycles. The Kier molecular flexibility index (Phi) is 7.77. The van der Waals surface area contributed by atoms with E-state index < -0.39 is 16.9 Å². The second-order valence-electron chi connectivity index (χ2n) is 6.71. The molecule has 1 atom stereocenters. The summed E-state index contributed by atoms with van der Waals surface area (Å²) in [4.78, 5) is 22.7. The van der Waals surface area contributed by atoms with Crippen LogP contribution in [0, 0.1) is 10.1 Å². The largest absolute Gasteiger partial charge is 0.489 e. The van der Waals surface area contributed by atoms with Crippen LogP contribution in [-0.4, -0.2) is 23.1 Å². The number of nitro groups is 1. The van der Waals surface area contributed by atoms with Crippen molar-refractivity contribution in [2.24, 2.45) is 5.10 Å². The van der Waals surface area contributed by atoms with Gasteiger partial charge in [0.15, 0.2) is 11.9 Å². The van der Waals surface area contributed by atoms with Gasteiger partial charge in [-0.05, 0) is 48.4 Å². The maximum Gasteiger partial charge on any atom is 0.310 e. The summed E-state index contributed by atoms with van der Waals surface area (Å²) in [5.74, 6) is 0.104. The van der Waals surface area contributed by atoms with Gasteiger partial charge in [-0.15, -0.1) is 0 Å². The molecule has 1 amide bonds. The highest BCUT2D eigenvalue weighted by Crippen LogP contribution is 2.26. The summed E-state index contributed by atoms with van der Waals surface area (Å²) in [6.07, 6.45) is 0.479. The number of para-hydroxylation sites is 2. The maximum absolute atomic E-state index is 12.2. The monoisotopic (exact) mass is 453 g/mol. The Bertz CT molecular complexity index is 1120. The number of hydrazone groups is 1. The highest BCUT2D eigenvalue weighted by atomic mass is 35.5. The predicted molar refractivity (Wildman–Crippen MR) is 121 cm³/mol. The molecule has 0 radical (unpaired) electrons. The lowest BCUT2D eigenvalue weighted by Gasteiger charge is -2.12. The Hall–Kier alpha value is -3.91. The number of carbonyl (C=O) groups is 1. The fourth-order valence-electron chi connectivity index (χ4n) is 2.64. The number of amides is 1. The smallest absolute Gasteiger partial charge is 0.310 e. The molecule has 0 aliphatic carbocycles. The third-order valence-corrected chi connectivity index (χ3v) is 4.55. The van der Waals surface area contributed by atoms with Gasteiger partial charge in [-0.1, -0.05) is 48.0 Å². The number of carbonyl (C=O) groups excluding carboxylic acids is 1. The van der Waals surface area contributed by atoms with Crippen LogP contribution >= 0.6 is 11.6 Å². The molecule has 0 bridgehead atoms. The van der Waals surface area contributed by atoms with Gasteiger partial charge in [-0.3, -0.25) is 14.9 Å². The molecule has 0 fully saturated rings. The van der Waals surface area contributed by atoms with Crippen molar-refractivity contribution < 1.29 is 19.2 Å². The number of rotatable bonds is 9. The zero-order valence-electron chi connectivity index (χ0n) is 17.1. The standard InChI is InChI=1S/C23H20ClN3O5/c1-16(32-22-8-3-2-7-21(22)27(29)30)23(28)26-25-14-18-5-4-6-20(13-18)31-15-17-9-11-19(24)12-10-17/h2-14,16H,15H2,1H3,(H,26,28)/b25-14-/t16-/m1/s1. The molecule has 0 aliphatic heterocycles. The van der Waals surface area contributed by atoms with Crippen molar-refractivity contribution in [3.05, 3.63) is 99.1 Å². The minimum absolute atomic E-state index is 0.00895. The Morgan fingerprint density at radius 2 is 1.91 bits per heavy atom. The molecule has 3 rings (SSSR count). The van der Waals surface area contributed by atoms with E-state index in [2.05, 4.69) is 10.5 Å². The van der Waals surface area contributed by atoms with E-state index in [4.69, 9.17) is 21.1 Å². The summed E-state index contributed by atoms with van der Waals surface area (Å²) in [6, 6.07) is 20.4. The Morgan fingerprint density at radius 3 is 2.66 bits per heavy atom. The number of nitrogens with zero attached hydrogens (tertiary/aromatic N) is 2. The van der Waals surface area contributed by atoms with Crippen molar-refractivity contribution in [2.45, 2.75) is 19.6 Å². The molecule has 9 heteroatoms. The van der Waals surface area contributed by atoms with Crippen molar-refractivity contribution in [3.8, 4) is 11.5 Å². The first-order valence-corrected chi connectivity index (χ1v) is 10.0. The average molecular weight is 454 g/mol. The minimum atomic E-state index is -0.984. The maximum atomic E-state index is 12.2. The predicted octanol–water partition coefficient (Wildman–Crippen LogP) is 4.74. The van der Waals surface area contributed by atoms with Crippen molar-refractivity contribution in [3.63, 3.8) is 0 Å². The summed E-state index contributed by atoms with van der Waals surface area (Å²) in [5, 5.41) is 15.6. The van der Waals surface area contributed by atoms with Crippen molar-refractivity contribution in [1.82, 2.24) is 5.43 Å². The summed E-state index contributed by atoms with van der Waals surface area (Å²) >= 11 is 5.88. The number of hydrogen-bond donors (Lipinski definition) is 1. The molecule has 164 valence electrons. The molecule has 0 saturated carbocycles. The third kappa shape index (κ3) is 6.55. The normalized spacial score (nSPS) is 11.7. The summed E-state index contributed by atoms with van der Waals surface area (Å²) < 4.78 is 11.2. The molecule has 0 spiro atoms. The lowest BCUT2D eigenvalue weighted by atomic mass is 10.2. The highest BCUT2D eigenvalue weighted by molar-refractivity contribution is 6.30. The SMILES string of the molecule is C[C@@H](Oc1ccccc1[N+](=O)[O-])C(=O)N/N=C\c1cccc(OCc2ccc(Cl)cc2)c1. The van der Waals surface area contributed by atoms with Crippen LogP contribution in [0.4, 0.5) is 5.69 Å². The van der Waals surface area contributed by atoms with Gasteiger partial charge in [0.05, 0.1) is 11.1 Å². The Balaban J connectivity index is 1.54. The molecule has 0 saturated heterocycles. The van der Waals surface area contributed by atoms with E-state index in [9.17, 15) is 14.9 Å². The molecule has 1 N–H and O–H groups in total. The molecular weight excluding hydrogens is 434 g/mol. The molecule has 3 aromatic rings. The Labute approximate surface area is 189 Å². The van der Waals surface area contributed by atoms with Gasteiger partial charge in [0.2, 0.25) is 0 Å². The van der Waals surface area contributed by atoms with Crippen LogP contribution in [0.1, 0.15) is 18.1 Å². The fourth-order valence-corrected chi connectivity index (χ4v) is 2.77. The van der Waals surface area contributed by atoms with Gasteiger partial charge < -0.3 is 9.47 Å². The van der Waals surface area contributed by atoms with Crippen molar-refractivity contribution in [1.29, 1.82) is 0 Å². The number of nitrogens with one attached hydrogen (secondary N) is 1. The van der Waals surface area contributed by atoms with E-state index in [0.29, 0.717) is 22.9 Å². The first-order chi connectivity index (χ1) is 15.4.